The predicted octanol–water partition coefficient (Wildman–Crippen LogP) is 17.2. The number of hydrogen-bond acceptors (Lipinski definition) is 4. The largest absolute Gasteiger partial charge is 0.311 e. The van der Waals surface area contributed by atoms with Gasteiger partial charge in [0.2, 0.25) is 0 Å². The zero-order valence-corrected chi connectivity index (χ0v) is 39.9. The lowest BCUT2D eigenvalue weighted by atomic mass is 10.1. The Morgan fingerprint density at radius 3 is 1.74 bits per heavy atom. The average molecular weight is 803 g/mol. The first-order valence-electron chi connectivity index (χ1n) is 21.2. The van der Waals surface area contributed by atoms with Gasteiger partial charge in [-0.25, -0.2) is 0 Å². The summed E-state index contributed by atoms with van der Waals surface area (Å²) >= 11 is 1.68. The lowest BCUT2D eigenvalue weighted by molar-refractivity contribution is 0.579. The predicted molar refractivity (Wildman–Crippen MR) is 272 cm³/mol. The Morgan fingerprint density at radius 2 is 1.26 bits per heavy atom. The summed E-state index contributed by atoms with van der Waals surface area (Å²) in [7, 11) is 0. The Balaban J connectivity index is -0.00000193. The minimum absolute atomic E-state index is 0.0188. The highest BCUT2D eigenvalue weighted by Gasteiger charge is 2.21. The summed E-state index contributed by atoms with van der Waals surface area (Å²) in [6, 6.07) is 4.13. The SMILES string of the molecule is C/C=C\C.C=CC(=C)N(C1=CC=CCC=C1)C1=CCc2sc3c(C)cc(N(/C(C=C)=C/C=C\C)/C(C=C)=C/C=C\C)cc3c(=O)c2C=C1.CC.CC.CC.CC.CC. The van der Waals surface area contributed by atoms with Crippen LogP contribution in [-0.2, 0) is 6.42 Å². The van der Waals surface area contributed by atoms with E-state index in [1.807, 2.05) is 176 Å². The number of fused-ring (bicyclic) bond motifs is 2. The topological polar surface area (TPSA) is 23.6 Å². The van der Waals surface area contributed by atoms with Gasteiger partial charge in [0.05, 0.1) is 0 Å². The maximum absolute atomic E-state index is 14.2. The molecule has 316 valence electrons. The first-order chi connectivity index (χ1) is 28.3. The third kappa shape index (κ3) is 17.5. The molecule has 2 aliphatic carbocycles. The molecule has 0 atom stereocenters. The van der Waals surface area contributed by atoms with Crippen LogP contribution >= 0.6 is 11.3 Å². The molecule has 0 N–H and O–H groups in total. The molecule has 0 saturated heterocycles. The lowest BCUT2D eigenvalue weighted by Gasteiger charge is -2.27. The quantitative estimate of drug-likeness (QED) is 0.167. The molecule has 2 aromatic rings. The molecule has 1 aromatic heterocycles. The summed E-state index contributed by atoms with van der Waals surface area (Å²) in [5.74, 6) is 0. The van der Waals surface area contributed by atoms with Crippen molar-refractivity contribution in [1.29, 1.82) is 0 Å². The van der Waals surface area contributed by atoms with Crippen molar-refractivity contribution in [2.24, 2.45) is 0 Å². The van der Waals surface area contributed by atoms with Gasteiger partial charge in [0.25, 0.3) is 0 Å². The van der Waals surface area contributed by atoms with Crippen LogP contribution < -0.4 is 10.3 Å². The van der Waals surface area contributed by atoms with Gasteiger partial charge < -0.3 is 9.80 Å². The van der Waals surface area contributed by atoms with Gasteiger partial charge in [0.15, 0.2) is 5.43 Å². The highest BCUT2D eigenvalue weighted by atomic mass is 32.1. The van der Waals surface area contributed by atoms with E-state index in [9.17, 15) is 4.79 Å². The molecule has 0 spiro atoms. The smallest absolute Gasteiger partial charge is 0.195 e. The van der Waals surface area contributed by atoms with Crippen LogP contribution in [0.3, 0.4) is 0 Å². The second-order valence-corrected chi connectivity index (χ2v) is 12.0. The Labute approximate surface area is 360 Å². The fourth-order valence-corrected chi connectivity index (χ4v) is 6.32. The highest BCUT2D eigenvalue weighted by Crippen LogP contribution is 2.35. The summed E-state index contributed by atoms with van der Waals surface area (Å²) in [6.45, 7) is 46.4. The number of aryl methyl sites for hydroxylation is 1. The van der Waals surface area contributed by atoms with Crippen LogP contribution in [-0.4, -0.2) is 4.90 Å². The Hall–Kier alpha value is -5.19. The minimum Gasteiger partial charge on any atom is -0.311 e. The second-order valence-electron chi connectivity index (χ2n) is 10.9. The Bertz CT molecular complexity index is 1870. The number of rotatable bonds is 11. The third-order valence-corrected chi connectivity index (χ3v) is 9.02. The van der Waals surface area contributed by atoms with Gasteiger partial charge >= 0.3 is 0 Å². The van der Waals surface area contributed by atoms with Crippen LogP contribution in [0.25, 0.3) is 16.2 Å². The van der Waals surface area contributed by atoms with E-state index in [4.69, 9.17) is 0 Å². The van der Waals surface area contributed by atoms with Crippen LogP contribution in [0, 0.1) is 6.92 Å². The van der Waals surface area contributed by atoms with Gasteiger partial charge in [-0.3, -0.25) is 4.79 Å². The van der Waals surface area contributed by atoms with Crippen molar-refractivity contribution in [1.82, 2.24) is 4.90 Å². The van der Waals surface area contributed by atoms with Crippen LogP contribution in [0.2, 0.25) is 0 Å². The molecule has 0 amide bonds. The molecular weight excluding hydrogens is 725 g/mol. The first-order valence-corrected chi connectivity index (χ1v) is 22.0. The summed E-state index contributed by atoms with van der Waals surface area (Å²) in [6.07, 6.45) is 39.4. The van der Waals surface area contributed by atoms with E-state index >= 15 is 0 Å². The van der Waals surface area contributed by atoms with E-state index < -0.39 is 0 Å². The number of nitrogens with zero attached hydrogens (tertiary/aromatic N) is 2. The van der Waals surface area contributed by atoms with Gasteiger partial charge in [-0.05, 0) is 113 Å². The van der Waals surface area contributed by atoms with E-state index in [1.54, 1.807) is 17.4 Å². The van der Waals surface area contributed by atoms with Crippen LogP contribution in [0.15, 0.2) is 181 Å². The van der Waals surface area contributed by atoms with Crippen molar-refractivity contribution < 1.29 is 0 Å². The van der Waals surface area contributed by atoms with E-state index in [1.165, 1.54) is 0 Å². The van der Waals surface area contributed by atoms with E-state index in [0.717, 1.165) is 55.7 Å². The van der Waals surface area contributed by atoms with E-state index in [2.05, 4.69) is 85.6 Å². The Morgan fingerprint density at radius 1 is 0.707 bits per heavy atom. The molecule has 1 aromatic carbocycles. The van der Waals surface area contributed by atoms with Gasteiger partial charge in [-0.1, -0.05) is 156 Å². The Kier molecular flexibility index (Phi) is 35.6. The molecule has 58 heavy (non-hydrogen) atoms. The van der Waals surface area contributed by atoms with Crippen LogP contribution in [0.5, 0.6) is 0 Å². The average Bonchev–Trinajstić information content (AvgIpc) is 3.69. The zero-order chi connectivity index (χ0) is 45.1. The molecule has 4 heteroatoms. The molecule has 2 aliphatic rings. The van der Waals surface area contributed by atoms with Gasteiger partial charge in [0, 0.05) is 61.1 Å². The van der Waals surface area contributed by atoms with Gasteiger partial charge in [0.1, 0.15) is 0 Å². The second kappa shape index (κ2) is 36.2. The van der Waals surface area contributed by atoms with Crippen LogP contribution in [0.4, 0.5) is 5.69 Å². The van der Waals surface area contributed by atoms with E-state index in [-0.39, 0.29) is 5.43 Å². The number of allylic oxidation sites excluding steroid dienone is 18. The lowest BCUT2D eigenvalue weighted by Crippen LogP contribution is -2.20. The monoisotopic (exact) mass is 803 g/mol. The fourth-order valence-electron chi connectivity index (χ4n) is 5.15. The normalized spacial score (nSPS) is 12.6. The molecule has 0 fully saturated rings. The molecule has 4 rings (SSSR count). The summed E-state index contributed by atoms with van der Waals surface area (Å²) in [5.41, 5.74) is 7.10. The maximum Gasteiger partial charge on any atom is 0.195 e. The standard InChI is InChI=1S/C40H40N2OS.C4H8.5C2H6/c1-8-13-19-31(11-4)42(32(12-5)20-14-9-2)35-27-29(6)40-37(28-35)39(43)36-25-23-34(24-26-38(36)44-40)41(30(7)10-3)33-21-17-15-16-18-22-33;1-3-4-2;5*1-2/h8-15,17-25,27-28H,3-5,7,16,26H2,1-2,6H3;3-4H,1-2H3;5*1-2H3/b13-8-,14-9-,31-19+,32-20+;4-3-;;;;;. The maximum atomic E-state index is 14.2. The third-order valence-electron chi connectivity index (χ3n) is 7.64. The summed E-state index contributed by atoms with van der Waals surface area (Å²) in [5, 5.41) is 0.692. The van der Waals surface area contributed by atoms with Crippen molar-refractivity contribution in [3.05, 3.63) is 203 Å². The van der Waals surface area contributed by atoms with E-state index in [0.29, 0.717) is 17.4 Å². The minimum atomic E-state index is 0.0188. The molecule has 0 saturated carbocycles. The molecule has 3 nitrogen and oxygen atoms in total. The number of benzene rings is 1. The van der Waals surface area contributed by atoms with Crippen molar-refractivity contribution in [3.63, 3.8) is 0 Å². The molecular formula is C54H78N2OS. The first kappa shape index (κ1) is 57.1. The van der Waals surface area contributed by atoms with Crippen molar-refractivity contribution in [3.8, 4) is 0 Å². The van der Waals surface area contributed by atoms with Gasteiger partial charge in [-0.2, -0.15) is 0 Å². The van der Waals surface area contributed by atoms with Crippen molar-refractivity contribution >= 4 is 33.2 Å². The summed E-state index contributed by atoms with van der Waals surface area (Å²) < 4.78 is 0.991. The van der Waals surface area contributed by atoms with Crippen LogP contribution in [0.1, 0.15) is 119 Å². The molecule has 0 radical (unpaired) electrons. The number of anilines is 1. The molecule has 0 unspecified atom stereocenters. The van der Waals surface area contributed by atoms with Crippen molar-refractivity contribution in [2.45, 2.75) is 117 Å². The van der Waals surface area contributed by atoms with Gasteiger partial charge in [-0.15, -0.1) is 11.3 Å². The number of hydrogen-bond donors (Lipinski definition) is 0. The summed E-state index contributed by atoms with van der Waals surface area (Å²) in [4.78, 5) is 19.4. The highest BCUT2D eigenvalue weighted by molar-refractivity contribution is 7.18. The fraction of sp³-hybridized carbons (Fsp3) is 0.315. The molecule has 0 bridgehead atoms. The zero-order valence-electron chi connectivity index (χ0n) is 39.1. The molecule has 0 aliphatic heterocycles. The van der Waals surface area contributed by atoms with Crippen molar-refractivity contribution in [2.75, 3.05) is 4.90 Å². The molecule has 1 heterocycles.